The molecule has 0 spiro atoms. The molecule has 0 aromatic carbocycles. The lowest BCUT2D eigenvalue weighted by atomic mass is 9.83. The van der Waals surface area contributed by atoms with Gasteiger partial charge < -0.3 is 15.4 Å². The van der Waals surface area contributed by atoms with Crippen LogP contribution >= 0.6 is 0 Å². The fraction of sp³-hybridized carbons (Fsp3) is 1.00. The van der Waals surface area contributed by atoms with Crippen molar-refractivity contribution in [2.24, 2.45) is 11.7 Å². The molecule has 2 aliphatic heterocycles. The smallest absolute Gasteiger partial charge is 0.0593 e. The van der Waals surface area contributed by atoms with Crippen molar-refractivity contribution >= 4 is 0 Å². The summed E-state index contributed by atoms with van der Waals surface area (Å²) in [6.07, 6.45) is 5.03. The average molecular weight is 297 g/mol. The normalized spacial score (nSPS) is 32.7. The van der Waals surface area contributed by atoms with E-state index in [0.717, 1.165) is 31.9 Å². The Morgan fingerprint density at radius 3 is 2.52 bits per heavy atom. The molecule has 0 radical (unpaired) electrons. The van der Waals surface area contributed by atoms with Crippen LogP contribution in [0.3, 0.4) is 0 Å². The van der Waals surface area contributed by atoms with Gasteiger partial charge in [-0.15, -0.1) is 0 Å². The van der Waals surface area contributed by atoms with E-state index in [1.807, 2.05) is 0 Å². The molecule has 2 unspecified atom stereocenters. The molecule has 2 fully saturated rings. The average Bonchev–Trinajstić information content (AvgIpc) is 2.48. The highest BCUT2D eigenvalue weighted by molar-refractivity contribution is 4.98. The van der Waals surface area contributed by atoms with E-state index in [0.29, 0.717) is 6.10 Å². The number of hydrogen-bond acceptors (Lipinski definition) is 4. The Morgan fingerprint density at radius 2 is 1.95 bits per heavy atom. The highest BCUT2D eigenvalue weighted by Crippen LogP contribution is 2.32. The van der Waals surface area contributed by atoms with Crippen molar-refractivity contribution in [1.82, 2.24) is 9.80 Å². The molecule has 0 aromatic heterocycles. The van der Waals surface area contributed by atoms with Crippen LogP contribution in [0.2, 0.25) is 0 Å². The van der Waals surface area contributed by atoms with Crippen molar-refractivity contribution in [3.8, 4) is 0 Å². The molecule has 21 heavy (non-hydrogen) atoms. The highest BCUT2D eigenvalue weighted by atomic mass is 16.5. The Morgan fingerprint density at radius 1 is 1.24 bits per heavy atom. The molecule has 0 amide bonds. The third-order valence-electron chi connectivity index (χ3n) is 5.19. The van der Waals surface area contributed by atoms with Crippen molar-refractivity contribution in [3.05, 3.63) is 0 Å². The van der Waals surface area contributed by atoms with Gasteiger partial charge in [-0.3, -0.25) is 4.90 Å². The van der Waals surface area contributed by atoms with Crippen molar-refractivity contribution in [2.45, 2.75) is 58.1 Å². The molecular weight excluding hydrogens is 262 g/mol. The fourth-order valence-electron chi connectivity index (χ4n) is 4.03. The zero-order chi connectivity index (χ0) is 15.3. The van der Waals surface area contributed by atoms with Gasteiger partial charge >= 0.3 is 0 Å². The number of nitrogens with two attached hydrogens (primary N) is 1. The molecule has 2 heterocycles. The van der Waals surface area contributed by atoms with Crippen molar-refractivity contribution in [1.29, 1.82) is 0 Å². The summed E-state index contributed by atoms with van der Waals surface area (Å²) in [7, 11) is 0. The van der Waals surface area contributed by atoms with Gasteiger partial charge in [0.15, 0.2) is 0 Å². The van der Waals surface area contributed by atoms with E-state index in [1.54, 1.807) is 0 Å². The summed E-state index contributed by atoms with van der Waals surface area (Å²) in [6, 6.07) is 0. The second-order valence-corrected chi connectivity index (χ2v) is 7.35. The van der Waals surface area contributed by atoms with E-state index in [-0.39, 0.29) is 5.54 Å². The van der Waals surface area contributed by atoms with E-state index < -0.39 is 0 Å². The van der Waals surface area contributed by atoms with Gasteiger partial charge in [-0.05, 0) is 25.2 Å². The lowest BCUT2D eigenvalue weighted by Crippen LogP contribution is -2.63. The molecule has 2 rings (SSSR count). The Balaban J connectivity index is 1.92. The van der Waals surface area contributed by atoms with Crippen LogP contribution in [0.1, 0.15) is 46.5 Å². The van der Waals surface area contributed by atoms with Gasteiger partial charge in [-0.1, -0.05) is 27.2 Å². The Bertz CT molecular complexity index is 300. The fourth-order valence-corrected chi connectivity index (χ4v) is 4.03. The van der Waals surface area contributed by atoms with Crippen LogP contribution in [-0.2, 0) is 4.74 Å². The van der Waals surface area contributed by atoms with Crippen LogP contribution in [0.5, 0.6) is 0 Å². The molecule has 2 atom stereocenters. The van der Waals surface area contributed by atoms with E-state index in [9.17, 15) is 0 Å². The van der Waals surface area contributed by atoms with Crippen molar-refractivity contribution < 1.29 is 4.74 Å². The van der Waals surface area contributed by atoms with Crippen LogP contribution in [-0.4, -0.2) is 67.3 Å². The summed E-state index contributed by atoms with van der Waals surface area (Å²) in [5, 5.41) is 0. The van der Waals surface area contributed by atoms with Gasteiger partial charge in [0, 0.05) is 51.4 Å². The highest BCUT2D eigenvalue weighted by Gasteiger charge is 2.41. The summed E-state index contributed by atoms with van der Waals surface area (Å²) in [4.78, 5) is 5.28. The van der Waals surface area contributed by atoms with Gasteiger partial charge in [0.25, 0.3) is 0 Å². The molecular formula is C17H35N3O. The Labute approximate surface area is 131 Å². The lowest BCUT2D eigenvalue weighted by Gasteiger charge is -2.51. The first-order chi connectivity index (χ1) is 10.1. The summed E-state index contributed by atoms with van der Waals surface area (Å²) in [5.41, 5.74) is 6.43. The van der Waals surface area contributed by atoms with Gasteiger partial charge in [0.1, 0.15) is 0 Å². The van der Waals surface area contributed by atoms with Crippen LogP contribution < -0.4 is 5.73 Å². The minimum absolute atomic E-state index is 0.196. The molecule has 2 N–H and O–H groups in total. The summed E-state index contributed by atoms with van der Waals surface area (Å²) < 4.78 is 5.95. The maximum Gasteiger partial charge on any atom is 0.0593 e. The van der Waals surface area contributed by atoms with Crippen LogP contribution in [0, 0.1) is 5.92 Å². The number of rotatable bonds is 6. The van der Waals surface area contributed by atoms with E-state index in [2.05, 4.69) is 30.6 Å². The first kappa shape index (κ1) is 17.2. The summed E-state index contributed by atoms with van der Waals surface area (Å²) in [6.45, 7) is 14.5. The number of ether oxygens (including phenoxy) is 1. The molecule has 0 saturated carbocycles. The van der Waals surface area contributed by atoms with Crippen LogP contribution in [0.4, 0.5) is 0 Å². The number of hydrogen-bond donors (Lipinski definition) is 1. The van der Waals surface area contributed by atoms with Gasteiger partial charge in [-0.2, -0.15) is 0 Å². The van der Waals surface area contributed by atoms with E-state index in [4.69, 9.17) is 10.5 Å². The monoisotopic (exact) mass is 297 g/mol. The topological polar surface area (TPSA) is 41.7 Å². The lowest BCUT2D eigenvalue weighted by molar-refractivity contribution is -0.0845. The Kier molecular flexibility index (Phi) is 6.48. The second kappa shape index (κ2) is 7.91. The predicted molar refractivity (Wildman–Crippen MR) is 88.5 cm³/mol. The third-order valence-corrected chi connectivity index (χ3v) is 5.19. The largest absolute Gasteiger partial charge is 0.378 e. The molecule has 4 heteroatoms. The quantitative estimate of drug-likeness (QED) is 0.813. The molecule has 0 aromatic rings. The van der Waals surface area contributed by atoms with Crippen molar-refractivity contribution in [2.75, 3.05) is 45.9 Å². The number of nitrogens with zero attached hydrogens (tertiary/aromatic N) is 2. The SMILES string of the molecule is CCCC1CC(CN)(N2CCN(CC(C)C)CC2)CCO1. The number of piperazine rings is 1. The molecule has 2 aliphatic rings. The first-order valence-electron chi connectivity index (χ1n) is 8.88. The molecule has 4 nitrogen and oxygen atoms in total. The molecule has 0 aliphatic carbocycles. The van der Waals surface area contributed by atoms with Gasteiger partial charge in [0.2, 0.25) is 0 Å². The predicted octanol–water partition coefficient (Wildman–Crippen LogP) is 1.94. The second-order valence-electron chi connectivity index (χ2n) is 7.35. The third kappa shape index (κ3) is 4.41. The minimum atomic E-state index is 0.196. The molecule has 2 saturated heterocycles. The summed E-state index contributed by atoms with van der Waals surface area (Å²) >= 11 is 0. The standard InChI is InChI=1S/C17H35N3O/c1-4-5-16-12-17(14-18,6-11-21-16)20-9-7-19(8-10-20)13-15(2)3/h15-16H,4-14,18H2,1-3H3. The molecule has 0 bridgehead atoms. The minimum Gasteiger partial charge on any atom is -0.378 e. The van der Waals surface area contributed by atoms with Crippen LogP contribution in [0.25, 0.3) is 0 Å². The summed E-state index contributed by atoms with van der Waals surface area (Å²) in [5.74, 6) is 0.761. The van der Waals surface area contributed by atoms with Crippen LogP contribution in [0.15, 0.2) is 0 Å². The zero-order valence-electron chi connectivity index (χ0n) is 14.3. The Hall–Kier alpha value is -0.160. The zero-order valence-corrected chi connectivity index (χ0v) is 14.3. The molecule has 124 valence electrons. The van der Waals surface area contributed by atoms with Gasteiger partial charge in [0.05, 0.1) is 6.10 Å². The maximum atomic E-state index is 6.23. The first-order valence-corrected chi connectivity index (χ1v) is 8.88. The van der Waals surface area contributed by atoms with Crippen molar-refractivity contribution in [3.63, 3.8) is 0 Å². The van der Waals surface area contributed by atoms with Gasteiger partial charge in [-0.25, -0.2) is 0 Å². The van der Waals surface area contributed by atoms with E-state index >= 15 is 0 Å². The maximum absolute atomic E-state index is 6.23. The van der Waals surface area contributed by atoms with E-state index in [1.165, 1.54) is 45.6 Å².